The number of aryl methyl sites for hydroxylation is 1. The first-order chi connectivity index (χ1) is 14.1. The number of anilines is 1. The van der Waals surface area contributed by atoms with Crippen molar-refractivity contribution in [2.45, 2.75) is 63.2 Å². The molecule has 0 atom stereocenters. The minimum atomic E-state index is -3.65. The predicted octanol–water partition coefficient (Wildman–Crippen LogP) is 6.33. The number of nitrogens with zero attached hydrogens (tertiary/aromatic N) is 1. The Hall–Kier alpha value is -2.40. The van der Waals surface area contributed by atoms with Gasteiger partial charge < -0.3 is 0 Å². The molecule has 0 fully saturated rings. The summed E-state index contributed by atoms with van der Waals surface area (Å²) in [6.45, 7) is 2.23. The van der Waals surface area contributed by atoms with E-state index in [0.717, 1.165) is 18.2 Å². The number of fused-ring (bicyclic) bond motifs is 1. The number of benzene rings is 2. The minimum absolute atomic E-state index is 0.272. The third-order valence-electron chi connectivity index (χ3n) is 5.18. The molecule has 1 aromatic heterocycles. The summed E-state index contributed by atoms with van der Waals surface area (Å²) in [5.74, 6) is 0. The Morgan fingerprint density at radius 2 is 1.52 bits per heavy atom. The highest BCUT2D eigenvalue weighted by Crippen LogP contribution is 2.24. The van der Waals surface area contributed by atoms with Crippen molar-refractivity contribution >= 4 is 26.6 Å². The smallest absolute Gasteiger partial charge is 0.261 e. The van der Waals surface area contributed by atoms with Crippen LogP contribution in [-0.2, 0) is 16.4 Å². The molecule has 1 heterocycles. The zero-order valence-corrected chi connectivity index (χ0v) is 17.9. The Morgan fingerprint density at radius 1 is 0.828 bits per heavy atom. The topological polar surface area (TPSA) is 59.1 Å². The van der Waals surface area contributed by atoms with Crippen LogP contribution >= 0.6 is 0 Å². The summed E-state index contributed by atoms with van der Waals surface area (Å²) >= 11 is 0. The first-order valence-corrected chi connectivity index (χ1v) is 12.0. The molecule has 3 rings (SSSR count). The summed E-state index contributed by atoms with van der Waals surface area (Å²) in [6.07, 6.45) is 11.6. The molecule has 0 amide bonds. The second-order valence-electron chi connectivity index (χ2n) is 7.50. The van der Waals surface area contributed by atoms with E-state index in [1.54, 1.807) is 24.4 Å². The van der Waals surface area contributed by atoms with Gasteiger partial charge in [-0.05, 0) is 42.7 Å². The first-order valence-electron chi connectivity index (χ1n) is 10.6. The first kappa shape index (κ1) is 21.3. The van der Waals surface area contributed by atoms with Crippen molar-refractivity contribution in [1.29, 1.82) is 0 Å². The molecule has 4 nitrogen and oxygen atoms in total. The number of hydrogen-bond donors (Lipinski definition) is 1. The highest BCUT2D eigenvalue weighted by atomic mass is 32.2. The van der Waals surface area contributed by atoms with E-state index < -0.39 is 10.0 Å². The highest BCUT2D eigenvalue weighted by molar-refractivity contribution is 7.92. The zero-order chi connectivity index (χ0) is 20.5. The maximum absolute atomic E-state index is 12.8. The molecule has 1 N–H and O–H groups in total. The van der Waals surface area contributed by atoms with Crippen LogP contribution < -0.4 is 4.72 Å². The van der Waals surface area contributed by atoms with E-state index in [-0.39, 0.29) is 4.90 Å². The average molecular weight is 411 g/mol. The van der Waals surface area contributed by atoms with Crippen LogP contribution in [0.15, 0.2) is 65.7 Å². The van der Waals surface area contributed by atoms with Gasteiger partial charge in [-0.1, -0.05) is 75.8 Å². The van der Waals surface area contributed by atoms with E-state index in [9.17, 15) is 8.42 Å². The van der Waals surface area contributed by atoms with E-state index >= 15 is 0 Å². The summed E-state index contributed by atoms with van der Waals surface area (Å²) in [4.78, 5) is 4.58. The Balaban J connectivity index is 1.58. The van der Waals surface area contributed by atoms with E-state index in [4.69, 9.17) is 0 Å². The quantitative estimate of drug-likeness (QED) is 0.376. The van der Waals surface area contributed by atoms with Crippen LogP contribution in [0.3, 0.4) is 0 Å². The summed E-state index contributed by atoms with van der Waals surface area (Å²) in [7, 11) is -3.65. The molecule has 0 saturated heterocycles. The lowest BCUT2D eigenvalue weighted by Crippen LogP contribution is -2.13. The highest BCUT2D eigenvalue weighted by Gasteiger charge is 2.15. The standard InChI is InChI=1S/C24H30N2O2S/c1-2-3-4-5-6-7-8-11-20-15-17-22(18-16-20)29(27,28)26-23-14-9-12-21-13-10-19-25-24(21)23/h9-10,12-19,26H,2-8,11H2,1H3. The molecule has 29 heavy (non-hydrogen) atoms. The fraction of sp³-hybridized carbons (Fsp3) is 0.375. The Kier molecular flexibility index (Phi) is 7.64. The Bertz CT molecular complexity index is 1010. The van der Waals surface area contributed by atoms with Gasteiger partial charge in [-0.2, -0.15) is 0 Å². The number of unbranched alkanes of at least 4 members (excludes halogenated alkanes) is 6. The molecule has 2 aromatic carbocycles. The maximum Gasteiger partial charge on any atom is 0.261 e. The number of para-hydroxylation sites is 1. The summed E-state index contributed by atoms with van der Waals surface area (Å²) in [5.41, 5.74) is 2.33. The van der Waals surface area contributed by atoms with Crippen molar-refractivity contribution in [2.75, 3.05) is 4.72 Å². The lowest BCUT2D eigenvalue weighted by Gasteiger charge is -2.11. The Morgan fingerprint density at radius 3 is 2.28 bits per heavy atom. The van der Waals surface area contributed by atoms with Crippen LogP contribution in [0.4, 0.5) is 5.69 Å². The molecule has 0 saturated carbocycles. The number of aromatic nitrogens is 1. The van der Waals surface area contributed by atoms with Gasteiger partial charge in [0.1, 0.15) is 0 Å². The van der Waals surface area contributed by atoms with Crippen molar-refractivity contribution in [2.24, 2.45) is 0 Å². The molecule has 0 aliphatic carbocycles. The van der Waals surface area contributed by atoms with Gasteiger partial charge in [0.2, 0.25) is 0 Å². The van der Waals surface area contributed by atoms with E-state index in [1.807, 2.05) is 36.4 Å². The van der Waals surface area contributed by atoms with Crippen molar-refractivity contribution in [3.8, 4) is 0 Å². The van der Waals surface area contributed by atoms with Crippen LogP contribution in [0.25, 0.3) is 10.9 Å². The number of pyridine rings is 1. The number of nitrogens with one attached hydrogen (secondary N) is 1. The van der Waals surface area contributed by atoms with Gasteiger partial charge in [-0.3, -0.25) is 9.71 Å². The molecule has 3 aromatic rings. The van der Waals surface area contributed by atoms with Crippen LogP contribution in [0.5, 0.6) is 0 Å². The number of rotatable bonds is 11. The van der Waals surface area contributed by atoms with E-state index in [0.29, 0.717) is 11.2 Å². The Labute approximate surface area is 174 Å². The SMILES string of the molecule is CCCCCCCCCc1ccc(S(=O)(=O)Nc2cccc3cccnc23)cc1. The van der Waals surface area contributed by atoms with Crippen molar-refractivity contribution in [3.63, 3.8) is 0 Å². The molecule has 0 aliphatic rings. The zero-order valence-electron chi connectivity index (χ0n) is 17.1. The van der Waals surface area contributed by atoms with Gasteiger partial charge in [0.25, 0.3) is 10.0 Å². The third-order valence-corrected chi connectivity index (χ3v) is 6.56. The number of sulfonamides is 1. The number of hydrogen-bond acceptors (Lipinski definition) is 3. The van der Waals surface area contributed by atoms with Gasteiger partial charge in [0.05, 0.1) is 16.1 Å². The van der Waals surface area contributed by atoms with Gasteiger partial charge in [0.15, 0.2) is 0 Å². The van der Waals surface area contributed by atoms with E-state index in [1.165, 1.54) is 44.1 Å². The predicted molar refractivity (Wildman–Crippen MR) is 121 cm³/mol. The lowest BCUT2D eigenvalue weighted by molar-refractivity contribution is 0.589. The van der Waals surface area contributed by atoms with Crippen molar-refractivity contribution in [3.05, 3.63) is 66.4 Å². The fourth-order valence-electron chi connectivity index (χ4n) is 3.51. The average Bonchev–Trinajstić information content (AvgIpc) is 2.73. The largest absolute Gasteiger partial charge is 0.277 e. The molecule has 0 spiro atoms. The molecule has 5 heteroatoms. The molecular formula is C24H30N2O2S. The monoisotopic (exact) mass is 410 g/mol. The van der Waals surface area contributed by atoms with Gasteiger partial charge >= 0.3 is 0 Å². The minimum Gasteiger partial charge on any atom is -0.277 e. The molecule has 0 radical (unpaired) electrons. The van der Waals surface area contributed by atoms with Crippen LogP contribution in [0.2, 0.25) is 0 Å². The van der Waals surface area contributed by atoms with Crippen LogP contribution in [-0.4, -0.2) is 13.4 Å². The normalized spacial score (nSPS) is 11.6. The maximum atomic E-state index is 12.8. The lowest BCUT2D eigenvalue weighted by atomic mass is 10.0. The second-order valence-corrected chi connectivity index (χ2v) is 9.18. The third kappa shape index (κ3) is 6.04. The van der Waals surface area contributed by atoms with E-state index in [2.05, 4.69) is 16.6 Å². The summed E-state index contributed by atoms with van der Waals surface area (Å²) in [5, 5.41) is 0.901. The van der Waals surface area contributed by atoms with Crippen molar-refractivity contribution in [1.82, 2.24) is 4.98 Å². The van der Waals surface area contributed by atoms with Crippen LogP contribution in [0, 0.1) is 0 Å². The van der Waals surface area contributed by atoms with Gasteiger partial charge in [-0.25, -0.2) is 8.42 Å². The molecule has 0 unspecified atom stereocenters. The molecular weight excluding hydrogens is 380 g/mol. The summed E-state index contributed by atoms with van der Waals surface area (Å²) < 4.78 is 28.3. The molecule has 0 bridgehead atoms. The molecule has 154 valence electrons. The second kappa shape index (κ2) is 10.4. The van der Waals surface area contributed by atoms with Gasteiger partial charge in [-0.15, -0.1) is 0 Å². The van der Waals surface area contributed by atoms with Gasteiger partial charge in [0, 0.05) is 11.6 Å². The molecule has 0 aliphatic heterocycles. The summed E-state index contributed by atoms with van der Waals surface area (Å²) in [6, 6.07) is 16.5. The van der Waals surface area contributed by atoms with Crippen molar-refractivity contribution < 1.29 is 8.42 Å². The van der Waals surface area contributed by atoms with Crippen LogP contribution in [0.1, 0.15) is 57.4 Å². The fourth-order valence-corrected chi connectivity index (χ4v) is 4.58.